The van der Waals surface area contributed by atoms with E-state index in [1.54, 1.807) is 0 Å². The lowest BCUT2D eigenvalue weighted by Crippen LogP contribution is -2.24. The third-order valence-corrected chi connectivity index (χ3v) is 5.04. The number of nitrogens with one attached hydrogen (secondary N) is 3. The van der Waals surface area contributed by atoms with Crippen molar-refractivity contribution >= 4 is 11.2 Å². The van der Waals surface area contributed by atoms with Crippen LogP contribution in [0.25, 0.3) is 22.4 Å². The molecule has 2 unspecified atom stereocenters. The standard InChI is InChI=1S/C20H20N6/c1-26-20-18(17(25-26)14-10-6-3-7-11-14)22-19(23-20)15-12-21-24-16(15)13-8-4-2-5-9-13/h2-11,15-16,21,24H,12H2,1H3,(H,22,23). The van der Waals surface area contributed by atoms with E-state index < -0.39 is 0 Å². The van der Waals surface area contributed by atoms with E-state index >= 15 is 0 Å². The monoisotopic (exact) mass is 344 g/mol. The third-order valence-electron chi connectivity index (χ3n) is 5.04. The lowest BCUT2D eigenvalue weighted by atomic mass is 9.94. The number of hydrogen-bond acceptors (Lipinski definition) is 4. The van der Waals surface area contributed by atoms with E-state index in [9.17, 15) is 0 Å². The van der Waals surface area contributed by atoms with Crippen LogP contribution in [-0.4, -0.2) is 26.3 Å². The minimum absolute atomic E-state index is 0.185. The fourth-order valence-corrected chi connectivity index (χ4v) is 3.73. The number of nitrogens with zero attached hydrogens (tertiary/aromatic N) is 3. The van der Waals surface area contributed by atoms with Crippen molar-refractivity contribution in [3.8, 4) is 11.3 Å². The van der Waals surface area contributed by atoms with Gasteiger partial charge in [-0.1, -0.05) is 60.7 Å². The Morgan fingerprint density at radius 2 is 1.73 bits per heavy atom. The number of hydrogen-bond donors (Lipinski definition) is 3. The van der Waals surface area contributed by atoms with Crippen LogP contribution in [0.5, 0.6) is 0 Å². The molecule has 1 saturated heterocycles. The Kier molecular flexibility index (Phi) is 3.58. The van der Waals surface area contributed by atoms with Gasteiger partial charge in [0.15, 0.2) is 5.65 Å². The SMILES string of the molecule is Cn1nc(-c2ccccc2)c2[nH]c(C3CNNC3c3ccccc3)nc21. The highest BCUT2D eigenvalue weighted by atomic mass is 15.4. The lowest BCUT2D eigenvalue weighted by molar-refractivity contribution is 0.544. The summed E-state index contributed by atoms with van der Waals surface area (Å²) in [7, 11) is 1.94. The number of rotatable bonds is 3. The molecule has 6 heteroatoms. The zero-order valence-electron chi connectivity index (χ0n) is 14.5. The molecule has 130 valence electrons. The number of aryl methyl sites for hydroxylation is 1. The quantitative estimate of drug-likeness (QED) is 0.534. The van der Waals surface area contributed by atoms with Crippen molar-refractivity contribution in [2.45, 2.75) is 12.0 Å². The van der Waals surface area contributed by atoms with Crippen LogP contribution in [0, 0.1) is 0 Å². The van der Waals surface area contributed by atoms with Gasteiger partial charge in [0.1, 0.15) is 17.0 Å². The average molecular weight is 344 g/mol. The van der Waals surface area contributed by atoms with Gasteiger partial charge < -0.3 is 4.98 Å². The van der Waals surface area contributed by atoms with Gasteiger partial charge in [-0.2, -0.15) is 5.10 Å². The van der Waals surface area contributed by atoms with Gasteiger partial charge in [-0.25, -0.2) is 15.1 Å². The zero-order valence-corrected chi connectivity index (χ0v) is 14.5. The summed E-state index contributed by atoms with van der Waals surface area (Å²) in [5.74, 6) is 1.21. The normalized spacial score (nSPS) is 20.0. The van der Waals surface area contributed by atoms with E-state index in [4.69, 9.17) is 4.98 Å². The maximum Gasteiger partial charge on any atom is 0.176 e. The van der Waals surface area contributed by atoms with Crippen molar-refractivity contribution in [2.75, 3.05) is 6.54 Å². The number of H-pyrrole nitrogens is 1. The van der Waals surface area contributed by atoms with Gasteiger partial charge in [-0.15, -0.1) is 0 Å². The molecule has 0 amide bonds. The van der Waals surface area contributed by atoms with Crippen LogP contribution in [0.3, 0.4) is 0 Å². The Morgan fingerprint density at radius 3 is 2.50 bits per heavy atom. The van der Waals surface area contributed by atoms with Gasteiger partial charge in [0.2, 0.25) is 0 Å². The van der Waals surface area contributed by atoms with Crippen molar-refractivity contribution in [1.29, 1.82) is 0 Å². The van der Waals surface area contributed by atoms with Gasteiger partial charge in [0.05, 0.1) is 12.0 Å². The van der Waals surface area contributed by atoms with Crippen LogP contribution in [-0.2, 0) is 7.05 Å². The summed E-state index contributed by atoms with van der Waals surface area (Å²) in [6, 6.07) is 20.9. The molecule has 26 heavy (non-hydrogen) atoms. The topological polar surface area (TPSA) is 70.6 Å². The summed E-state index contributed by atoms with van der Waals surface area (Å²) in [5.41, 5.74) is 11.8. The van der Waals surface area contributed by atoms with Crippen molar-refractivity contribution in [1.82, 2.24) is 30.6 Å². The Labute approximate surface area is 151 Å². The average Bonchev–Trinajstić information content (AvgIpc) is 3.39. The molecule has 0 spiro atoms. The molecule has 0 saturated carbocycles. The van der Waals surface area contributed by atoms with Crippen molar-refractivity contribution in [2.24, 2.45) is 7.05 Å². The molecule has 5 rings (SSSR count). The van der Waals surface area contributed by atoms with Crippen molar-refractivity contribution in [3.05, 3.63) is 72.1 Å². The number of benzene rings is 2. The van der Waals surface area contributed by atoms with Crippen LogP contribution in [0.1, 0.15) is 23.3 Å². The van der Waals surface area contributed by atoms with Gasteiger partial charge >= 0.3 is 0 Å². The Bertz CT molecular complexity index is 1030. The van der Waals surface area contributed by atoms with E-state index in [0.717, 1.165) is 34.8 Å². The van der Waals surface area contributed by atoms with E-state index in [-0.39, 0.29) is 12.0 Å². The fraction of sp³-hybridized carbons (Fsp3) is 0.200. The van der Waals surface area contributed by atoms with Gasteiger partial charge in [-0.05, 0) is 5.56 Å². The first-order valence-electron chi connectivity index (χ1n) is 8.82. The molecule has 2 atom stereocenters. The summed E-state index contributed by atoms with van der Waals surface area (Å²) in [4.78, 5) is 8.43. The van der Waals surface area contributed by atoms with Crippen LogP contribution in [0.15, 0.2) is 60.7 Å². The Balaban J connectivity index is 1.58. The van der Waals surface area contributed by atoms with Gasteiger partial charge in [0.25, 0.3) is 0 Å². The minimum Gasteiger partial charge on any atom is -0.338 e. The third kappa shape index (κ3) is 2.42. The molecule has 3 heterocycles. The number of hydrazine groups is 1. The second-order valence-electron chi connectivity index (χ2n) is 6.68. The van der Waals surface area contributed by atoms with E-state index in [1.165, 1.54) is 5.56 Å². The second-order valence-corrected chi connectivity index (χ2v) is 6.68. The second kappa shape index (κ2) is 6.09. The molecule has 2 aromatic carbocycles. The molecular formula is C20H20N6. The minimum atomic E-state index is 0.185. The molecule has 2 aromatic heterocycles. The number of fused-ring (bicyclic) bond motifs is 1. The van der Waals surface area contributed by atoms with Crippen molar-refractivity contribution in [3.63, 3.8) is 0 Å². The number of aromatic amines is 1. The van der Waals surface area contributed by atoms with Gasteiger partial charge in [-0.3, -0.25) is 5.43 Å². The molecule has 0 bridgehead atoms. The molecule has 6 nitrogen and oxygen atoms in total. The molecular weight excluding hydrogens is 324 g/mol. The summed E-state index contributed by atoms with van der Waals surface area (Å²) in [6.45, 7) is 0.827. The fourth-order valence-electron chi connectivity index (χ4n) is 3.73. The van der Waals surface area contributed by atoms with Crippen molar-refractivity contribution < 1.29 is 0 Å². The molecule has 0 aliphatic carbocycles. The lowest BCUT2D eigenvalue weighted by Gasteiger charge is -2.16. The Morgan fingerprint density at radius 1 is 1.00 bits per heavy atom. The highest BCUT2D eigenvalue weighted by Gasteiger charge is 2.32. The zero-order chi connectivity index (χ0) is 17.5. The summed E-state index contributed by atoms with van der Waals surface area (Å²) in [5, 5.41) is 4.66. The van der Waals surface area contributed by atoms with Crippen LogP contribution in [0.2, 0.25) is 0 Å². The van der Waals surface area contributed by atoms with Crippen LogP contribution in [0.4, 0.5) is 0 Å². The van der Waals surface area contributed by atoms with Crippen LogP contribution >= 0.6 is 0 Å². The highest BCUT2D eigenvalue weighted by molar-refractivity contribution is 5.88. The molecule has 1 fully saturated rings. The number of aromatic nitrogens is 4. The summed E-state index contributed by atoms with van der Waals surface area (Å²) >= 11 is 0. The van der Waals surface area contributed by atoms with E-state index in [1.807, 2.05) is 36.0 Å². The predicted molar refractivity (Wildman–Crippen MR) is 101 cm³/mol. The molecule has 1 aliphatic rings. The Hall–Kier alpha value is -2.96. The first kappa shape index (κ1) is 15.3. The maximum absolute atomic E-state index is 4.88. The highest BCUT2D eigenvalue weighted by Crippen LogP contribution is 2.34. The molecule has 0 radical (unpaired) electrons. The van der Waals surface area contributed by atoms with Gasteiger partial charge in [0, 0.05) is 19.2 Å². The first-order valence-corrected chi connectivity index (χ1v) is 8.82. The molecule has 4 aromatic rings. The predicted octanol–water partition coefficient (Wildman–Crippen LogP) is 2.90. The van der Waals surface area contributed by atoms with E-state index in [0.29, 0.717) is 0 Å². The molecule has 1 aliphatic heterocycles. The largest absolute Gasteiger partial charge is 0.338 e. The number of imidazole rings is 1. The first-order chi connectivity index (χ1) is 12.8. The summed E-state index contributed by atoms with van der Waals surface area (Å²) < 4.78 is 1.85. The molecule has 3 N–H and O–H groups in total. The van der Waals surface area contributed by atoms with E-state index in [2.05, 4.69) is 57.3 Å². The smallest absolute Gasteiger partial charge is 0.176 e. The maximum atomic E-state index is 4.88. The summed E-state index contributed by atoms with van der Waals surface area (Å²) in [6.07, 6.45) is 0. The van der Waals surface area contributed by atoms with Crippen LogP contribution < -0.4 is 10.9 Å².